The molecule has 2 saturated heterocycles. The molecule has 5 nitrogen and oxygen atoms in total. The number of amides is 1. The molecule has 3 fully saturated rings. The van der Waals surface area contributed by atoms with Crippen LogP contribution in [0.15, 0.2) is 18.2 Å². The lowest BCUT2D eigenvalue weighted by Gasteiger charge is -2.35. The Hall–Kier alpha value is -1.59. The van der Waals surface area contributed by atoms with Crippen molar-refractivity contribution < 1.29 is 14.3 Å². The second-order valence-electron chi connectivity index (χ2n) is 10.1. The van der Waals surface area contributed by atoms with Gasteiger partial charge in [-0.15, -0.1) is 0 Å². The van der Waals surface area contributed by atoms with Crippen molar-refractivity contribution in [2.24, 2.45) is 5.92 Å². The van der Waals surface area contributed by atoms with Gasteiger partial charge in [0.25, 0.3) is 0 Å². The first-order chi connectivity index (χ1) is 15.7. The summed E-state index contributed by atoms with van der Waals surface area (Å²) in [5.74, 6) is 2.81. The lowest BCUT2D eigenvalue weighted by Crippen LogP contribution is -2.37. The van der Waals surface area contributed by atoms with Gasteiger partial charge in [-0.2, -0.15) is 0 Å². The fraction of sp³-hybridized carbons (Fsp3) is 0.741. The quantitative estimate of drug-likeness (QED) is 0.719. The standard InChI is InChI=1S/C23H34N2O2.C4H8O/c1-17(26)24-20-7-5-18(6-8-20)9-13-25-14-10-19(11-15-25)21-3-2-4-23-22(21)12-16-27-23;1-2-4-5-3-1/h2-4,18-20H,5-16H2,1H3,(H,24,26);1-4H2. The first-order valence-corrected chi connectivity index (χ1v) is 13.0. The molecule has 5 heteroatoms. The molecule has 0 spiro atoms. The predicted octanol–water partition coefficient (Wildman–Crippen LogP) is 4.68. The van der Waals surface area contributed by atoms with Crippen molar-refractivity contribution in [3.63, 3.8) is 0 Å². The van der Waals surface area contributed by atoms with E-state index >= 15 is 0 Å². The first-order valence-electron chi connectivity index (χ1n) is 13.0. The van der Waals surface area contributed by atoms with Crippen LogP contribution in [-0.2, 0) is 16.0 Å². The lowest BCUT2D eigenvalue weighted by molar-refractivity contribution is -0.119. The molecule has 1 amide bonds. The van der Waals surface area contributed by atoms with E-state index in [0.717, 1.165) is 50.8 Å². The van der Waals surface area contributed by atoms with E-state index in [1.165, 1.54) is 70.1 Å². The number of nitrogens with one attached hydrogen (secondary N) is 1. The van der Waals surface area contributed by atoms with Crippen molar-refractivity contribution in [2.75, 3.05) is 39.5 Å². The van der Waals surface area contributed by atoms with Gasteiger partial charge in [-0.1, -0.05) is 12.1 Å². The van der Waals surface area contributed by atoms with Crippen molar-refractivity contribution in [1.82, 2.24) is 10.2 Å². The minimum absolute atomic E-state index is 0.122. The number of carbonyl (C=O) groups excluding carboxylic acids is 1. The molecule has 4 aliphatic rings. The van der Waals surface area contributed by atoms with E-state index in [9.17, 15) is 4.79 Å². The topological polar surface area (TPSA) is 50.8 Å². The molecule has 1 aliphatic carbocycles. The number of hydrogen-bond acceptors (Lipinski definition) is 4. The number of carbonyl (C=O) groups is 1. The van der Waals surface area contributed by atoms with Crippen LogP contribution >= 0.6 is 0 Å². The van der Waals surface area contributed by atoms with E-state index in [4.69, 9.17) is 9.47 Å². The first kappa shape index (κ1) is 23.6. The van der Waals surface area contributed by atoms with Gasteiger partial charge in [0, 0.05) is 38.2 Å². The number of piperidine rings is 1. The van der Waals surface area contributed by atoms with Gasteiger partial charge in [0.15, 0.2) is 0 Å². The number of likely N-dealkylation sites (tertiary alicyclic amines) is 1. The monoisotopic (exact) mass is 442 g/mol. The van der Waals surface area contributed by atoms with Crippen LogP contribution in [0.25, 0.3) is 0 Å². The normalized spacial score (nSPS) is 26.0. The highest BCUT2D eigenvalue weighted by Gasteiger charge is 2.27. The minimum atomic E-state index is 0.122. The number of benzene rings is 1. The predicted molar refractivity (Wildman–Crippen MR) is 128 cm³/mol. The van der Waals surface area contributed by atoms with E-state index in [1.807, 2.05) is 0 Å². The van der Waals surface area contributed by atoms with E-state index in [0.29, 0.717) is 12.0 Å². The smallest absolute Gasteiger partial charge is 0.217 e. The van der Waals surface area contributed by atoms with Crippen LogP contribution in [0.1, 0.15) is 81.8 Å². The molecule has 0 unspecified atom stereocenters. The Kier molecular flexibility index (Phi) is 8.86. The summed E-state index contributed by atoms with van der Waals surface area (Å²) in [4.78, 5) is 13.9. The van der Waals surface area contributed by atoms with Crippen LogP contribution in [0.3, 0.4) is 0 Å². The summed E-state index contributed by atoms with van der Waals surface area (Å²) in [7, 11) is 0. The van der Waals surface area contributed by atoms with Crippen molar-refractivity contribution in [1.29, 1.82) is 0 Å². The van der Waals surface area contributed by atoms with Gasteiger partial charge < -0.3 is 19.7 Å². The molecule has 1 saturated carbocycles. The number of hydrogen-bond donors (Lipinski definition) is 1. The summed E-state index contributed by atoms with van der Waals surface area (Å²) < 4.78 is 10.7. The molecule has 5 rings (SSSR count). The maximum Gasteiger partial charge on any atom is 0.217 e. The van der Waals surface area contributed by atoms with Crippen LogP contribution in [0, 0.1) is 5.92 Å². The van der Waals surface area contributed by atoms with Gasteiger partial charge >= 0.3 is 0 Å². The molecule has 0 atom stereocenters. The Morgan fingerprint density at radius 1 is 1.03 bits per heavy atom. The molecule has 0 radical (unpaired) electrons. The summed E-state index contributed by atoms with van der Waals surface area (Å²) >= 11 is 0. The Balaban J connectivity index is 0.000000433. The fourth-order valence-corrected chi connectivity index (χ4v) is 5.86. The van der Waals surface area contributed by atoms with E-state index in [1.54, 1.807) is 12.5 Å². The van der Waals surface area contributed by atoms with Crippen molar-refractivity contribution in [2.45, 2.75) is 83.1 Å². The van der Waals surface area contributed by atoms with Crippen LogP contribution in [0.4, 0.5) is 0 Å². The van der Waals surface area contributed by atoms with E-state index < -0.39 is 0 Å². The third kappa shape index (κ3) is 6.71. The molecule has 178 valence electrons. The van der Waals surface area contributed by atoms with Gasteiger partial charge in [0.2, 0.25) is 5.91 Å². The molecule has 32 heavy (non-hydrogen) atoms. The van der Waals surface area contributed by atoms with E-state index in [2.05, 4.69) is 28.4 Å². The molecular formula is C27H42N2O3. The molecule has 3 heterocycles. The highest BCUT2D eigenvalue weighted by molar-refractivity contribution is 5.73. The van der Waals surface area contributed by atoms with Crippen LogP contribution in [-0.4, -0.2) is 56.3 Å². The van der Waals surface area contributed by atoms with Crippen LogP contribution < -0.4 is 10.1 Å². The summed E-state index contributed by atoms with van der Waals surface area (Å²) in [6, 6.07) is 7.05. The second-order valence-corrected chi connectivity index (χ2v) is 10.1. The van der Waals surface area contributed by atoms with Crippen molar-refractivity contribution in [3.8, 4) is 5.75 Å². The number of fused-ring (bicyclic) bond motifs is 1. The largest absolute Gasteiger partial charge is 0.493 e. The fourth-order valence-electron chi connectivity index (χ4n) is 5.86. The number of nitrogens with zero attached hydrogens (tertiary/aromatic N) is 1. The van der Waals surface area contributed by atoms with Gasteiger partial charge in [-0.05, 0) is 101 Å². The van der Waals surface area contributed by atoms with Gasteiger partial charge in [-0.3, -0.25) is 4.79 Å². The summed E-state index contributed by atoms with van der Waals surface area (Å²) in [5.41, 5.74) is 3.04. The lowest BCUT2D eigenvalue weighted by atomic mass is 9.83. The van der Waals surface area contributed by atoms with Gasteiger partial charge in [0.05, 0.1) is 6.61 Å². The van der Waals surface area contributed by atoms with Crippen molar-refractivity contribution >= 4 is 5.91 Å². The minimum Gasteiger partial charge on any atom is -0.493 e. The number of rotatable bonds is 5. The zero-order valence-electron chi connectivity index (χ0n) is 19.9. The van der Waals surface area contributed by atoms with Gasteiger partial charge in [-0.25, -0.2) is 0 Å². The van der Waals surface area contributed by atoms with Crippen LogP contribution in [0.5, 0.6) is 5.75 Å². The average Bonchev–Trinajstić information content (AvgIpc) is 3.53. The maximum atomic E-state index is 11.2. The Labute approximate surface area is 194 Å². The SMILES string of the molecule is C1CCOC1.CC(=O)NC1CCC(CCN2CCC(c3cccc4c3CCO4)CC2)CC1. The van der Waals surface area contributed by atoms with E-state index in [-0.39, 0.29) is 5.91 Å². The molecule has 3 aliphatic heterocycles. The summed E-state index contributed by atoms with van der Waals surface area (Å²) in [6.45, 7) is 8.20. The highest BCUT2D eigenvalue weighted by Crippen LogP contribution is 2.37. The average molecular weight is 443 g/mol. The molecule has 1 aromatic carbocycles. The Morgan fingerprint density at radius 2 is 1.78 bits per heavy atom. The molecule has 0 bridgehead atoms. The molecule has 1 N–H and O–H groups in total. The third-order valence-corrected chi connectivity index (χ3v) is 7.74. The van der Waals surface area contributed by atoms with Crippen molar-refractivity contribution in [3.05, 3.63) is 29.3 Å². The van der Waals surface area contributed by atoms with Gasteiger partial charge in [0.1, 0.15) is 5.75 Å². The number of ether oxygens (including phenoxy) is 2. The van der Waals surface area contributed by atoms with Crippen LogP contribution in [0.2, 0.25) is 0 Å². The second kappa shape index (κ2) is 12.0. The Bertz CT molecular complexity index is 710. The zero-order chi connectivity index (χ0) is 22.2. The zero-order valence-corrected chi connectivity index (χ0v) is 19.9. The molecule has 0 aromatic heterocycles. The Morgan fingerprint density at radius 3 is 2.44 bits per heavy atom. The summed E-state index contributed by atoms with van der Waals surface area (Å²) in [5, 5.41) is 3.09. The summed E-state index contributed by atoms with van der Waals surface area (Å²) in [6.07, 6.45) is 12.4. The molecular weight excluding hydrogens is 400 g/mol. The molecule has 1 aromatic rings. The highest BCUT2D eigenvalue weighted by atomic mass is 16.5. The maximum absolute atomic E-state index is 11.2. The third-order valence-electron chi connectivity index (χ3n) is 7.74.